The molecule has 1 rings (SSSR count). The second kappa shape index (κ2) is 4.61. The van der Waals surface area contributed by atoms with Crippen molar-refractivity contribution in [1.82, 2.24) is 0 Å². The molecule has 12 heavy (non-hydrogen) atoms. The first-order valence-electron chi connectivity index (χ1n) is 4.96. The van der Waals surface area contributed by atoms with E-state index in [0.717, 1.165) is 11.9 Å². The lowest BCUT2D eigenvalue weighted by Crippen LogP contribution is -2.35. The van der Waals surface area contributed by atoms with Crippen LogP contribution in [-0.2, 0) is 4.74 Å². The monoisotopic (exact) mass is 234 g/mol. The zero-order chi connectivity index (χ0) is 9.03. The summed E-state index contributed by atoms with van der Waals surface area (Å²) in [5, 5.41) is 1.08. The zero-order valence-corrected chi connectivity index (χ0v) is 9.69. The van der Waals surface area contributed by atoms with E-state index in [4.69, 9.17) is 4.74 Å². The fourth-order valence-corrected chi connectivity index (χ4v) is 3.20. The summed E-state index contributed by atoms with van der Waals surface area (Å²) < 4.78 is 5.76. The third-order valence-electron chi connectivity index (χ3n) is 3.29. The number of alkyl halides is 1. The van der Waals surface area contributed by atoms with Gasteiger partial charge in [-0.05, 0) is 25.7 Å². The topological polar surface area (TPSA) is 9.23 Å². The van der Waals surface area contributed by atoms with Crippen LogP contribution in [0.3, 0.4) is 0 Å². The fraction of sp³-hybridized carbons (Fsp3) is 1.00. The molecule has 0 aliphatic carbocycles. The Bertz CT molecular complexity index is 118. The molecular weight excluding hydrogens is 216 g/mol. The minimum Gasteiger partial charge on any atom is -0.378 e. The predicted octanol–water partition coefficient (Wildman–Crippen LogP) is 3.37. The van der Waals surface area contributed by atoms with Crippen molar-refractivity contribution in [3.63, 3.8) is 0 Å². The Morgan fingerprint density at radius 2 is 2.08 bits per heavy atom. The molecule has 0 N–H and O–H groups in total. The second-order valence-corrected chi connectivity index (χ2v) is 4.27. The quantitative estimate of drug-likeness (QED) is 0.679. The van der Waals surface area contributed by atoms with E-state index in [1.807, 2.05) is 0 Å². The molecule has 1 fully saturated rings. The van der Waals surface area contributed by atoms with Crippen molar-refractivity contribution in [3.05, 3.63) is 0 Å². The van der Waals surface area contributed by atoms with Crippen LogP contribution in [0.25, 0.3) is 0 Å². The third kappa shape index (κ3) is 1.85. The molecule has 1 aliphatic rings. The van der Waals surface area contributed by atoms with Crippen LogP contribution in [0, 0.1) is 5.41 Å². The zero-order valence-electron chi connectivity index (χ0n) is 8.11. The molecule has 1 heterocycles. The van der Waals surface area contributed by atoms with Gasteiger partial charge in [-0.1, -0.05) is 29.8 Å². The van der Waals surface area contributed by atoms with E-state index < -0.39 is 0 Å². The molecule has 0 spiro atoms. The number of hydrogen-bond acceptors (Lipinski definition) is 1. The van der Waals surface area contributed by atoms with E-state index >= 15 is 0 Å². The molecule has 0 bridgehead atoms. The maximum Gasteiger partial charge on any atom is 0.0639 e. The molecule has 72 valence electrons. The highest BCUT2D eigenvalue weighted by atomic mass is 79.9. The van der Waals surface area contributed by atoms with Gasteiger partial charge in [-0.3, -0.25) is 0 Å². The number of ether oxygens (including phenoxy) is 1. The first-order valence-corrected chi connectivity index (χ1v) is 6.08. The van der Waals surface area contributed by atoms with Crippen molar-refractivity contribution in [1.29, 1.82) is 0 Å². The van der Waals surface area contributed by atoms with Crippen molar-refractivity contribution >= 4 is 15.9 Å². The average Bonchev–Trinajstić information content (AvgIpc) is 2.62. The normalized spacial score (nSPS) is 24.8. The molecule has 1 saturated heterocycles. The number of rotatable bonds is 4. The maximum absolute atomic E-state index is 5.76. The highest BCUT2D eigenvalue weighted by molar-refractivity contribution is 9.09. The molecule has 2 heteroatoms. The van der Waals surface area contributed by atoms with Crippen LogP contribution in [0.15, 0.2) is 0 Å². The highest BCUT2D eigenvalue weighted by Crippen LogP contribution is 2.39. The molecule has 1 nitrogen and oxygen atoms in total. The predicted molar refractivity (Wildman–Crippen MR) is 55.8 cm³/mol. The maximum atomic E-state index is 5.76. The molecule has 0 aromatic heterocycles. The molecule has 0 aromatic carbocycles. The average molecular weight is 235 g/mol. The summed E-state index contributed by atoms with van der Waals surface area (Å²) in [6.45, 7) is 5.51. The highest BCUT2D eigenvalue weighted by Gasteiger charge is 2.37. The summed E-state index contributed by atoms with van der Waals surface area (Å²) >= 11 is 3.62. The van der Waals surface area contributed by atoms with E-state index in [9.17, 15) is 0 Å². The fourth-order valence-electron chi connectivity index (χ4n) is 2.04. The van der Waals surface area contributed by atoms with Crippen LogP contribution in [0.2, 0.25) is 0 Å². The first-order chi connectivity index (χ1) is 5.79. The van der Waals surface area contributed by atoms with Gasteiger partial charge in [0, 0.05) is 17.4 Å². The Hall–Kier alpha value is 0.440. The van der Waals surface area contributed by atoms with Gasteiger partial charge in [-0.25, -0.2) is 0 Å². The van der Waals surface area contributed by atoms with Crippen LogP contribution in [0.5, 0.6) is 0 Å². The van der Waals surface area contributed by atoms with Crippen LogP contribution >= 0.6 is 15.9 Å². The van der Waals surface area contributed by atoms with E-state index in [0.29, 0.717) is 11.5 Å². The number of hydrogen-bond donors (Lipinski definition) is 0. The lowest BCUT2D eigenvalue weighted by molar-refractivity contribution is 0.00775. The Balaban J connectivity index is 2.61. The van der Waals surface area contributed by atoms with Gasteiger partial charge in [0.1, 0.15) is 0 Å². The Labute approximate surface area is 84.0 Å². The lowest BCUT2D eigenvalue weighted by Gasteiger charge is -2.35. The van der Waals surface area contributed by atoms with Gasteiger partial charge in [0.05, 0.1) is 6.10 Å². The summed E-state index contributed by atoms with van der Waals surface area (Å²) in [6.07, 6.45) is 5.46. The van der Waals surface area contributed by atoms with Gasteiger partial charge in [-0.15, -0.1) is 0 Å². The van der Waals surface area contributed by atoms with E-state index in [1.165, 1.54) is 25.7 Å². The standard InChI is InChI=1S/C10H19BrO/c1-3-10(4-2,8-11)9-6-5-7-12-9/h9H,3-8H2,1-2H3. The van der Waals surface area contributed by atoms with Gasteiger partial charge in [0.25, 0.3) is 0 Å². The second-order valence-electron chi connectivity index (χ2n) is 3.70. The van der Waals surface area contributed by atoms with Gasteiger partial charge in [-0.2, -0.15) is 0 Å². The van der Waals surface area contributed by atoms with E-state index in [2.05, 4.69) is 29.8 Å². The summed E-state index contributed by atoms with van der Waals surface area (Å²) in [5.41, 5.74) is 0.399. The molecule has 0 saturated carbocycles. The van der Waals surface area contributed by atoms with Gasteiger partial charge >= 0.3 is 0 Å². The van der Waals surface area contributed by atoms with Crippen molar-refractivity contribution in [2.75, 3.05) is 11.9 Å². The Morgan fingerprint density at radius 1 is 1.42 bits per heavy atom. The summed E-state index contributed by atoms with van der Waals surface area (Å²) in [4.78, 5) is 0. The third-order valence-corrected chi connectivity index (χ3v) is 4.40. The smallest absolute Gasteiger partial charge is 0.0639 e. The lowest BCUT2D eigenvalue weighted by atomic mass is 9.78. The molecular formula is C10H19BrO. The molecule has 0 aromatic rings. The Morgan fingerprint density at radius 3 is 2.42 bits per heavy atom. The van der Waals surface area contributed by atoms with Crippen LogP contribution < -0.4 is 0 Å². The molecule has 1 atom stereocenters. The van der Waals surface area contributed by atoms with Crippen molar-refractivity contribution < 1.29 is 4.74 Å². The van der Waals surface area contributed by atoms with Crippen molar-refractivity contribution in [3.8, 4) is 0 Å². The van der Waals surface area contributed by atoms with Crippen LogP contribution in [0.4, 0.5) is 0 Å². The van der Waals surface area contributed by atoms with Crippen molar-refractivity contribution in [2.24, 2.45) is 5.41 Å². The molecule has 0 amide bonds. The molecule has 1 unspecified atom stereocenters. The van der Waals surface area contributed by atoms with Gasteiger partial charge in [0.2, 0.25) is 0 Å². The van der Waals surface area contributed by atoms with Crippen molar-refractivity contribution in [2.45, 2.75) is 45.6 Å². The van der Waals surface area contributed by atoms with Gasteiger partial charge in [0.15, 0.2) is 0 Å². The minimum atomic E-state index is 0.399. The largest absolute Gasteiger partial charge is 0.378 e. The summed E-state index contributed by atoms with van der Waals surface area (Å²) in [6, 6.07) is 0. The summed E-state index contributed by atoms with van der Waals surface area (Å²) in [5.74, 6) is 0. The molecule has 0 radical (unpaired) electrons. The van der Waals surface area contributed by atoms with Crippen LogP contribution in [-0.4, -0.2) is 18.0 Å². The Kier molecular flexibility index (Phi) is 4.04. The molecule has 1 aliphatic heterocycles. The van der Waals surface area contributed by atoms with E-state index in [-0.39, 0.29) is 0 Å². The summed E-state index contributed by atoms with van der Waals surface area (Å²) in [7, 11) is 0. The SMILES string of the molecule is CCC(CC)(CBr)C1CCCO1. The number of halogens is 1. The van der Waals surface area contributed by atoms with Crippen LogP contribution in [0.1, 0.15) is 39.5 Å². The van der Waals surface area contributed by atoms with E-state index in [1.54, 1.807) is 0 Å². The first kappa shape index (κ1) is 10.5. The van der Waals surface area contributed by atoms with Gasteiger partial charge < -0.3 is 4.74 Å². The minimum absolute atomic E-state index is 0.399.